The summed E-state index contributed by atoms with van der Waals surface area (Å²) in [6.07, 6.45) is 0.787. The Kier molecular flexibility index (Phi) is 6.63. The van der Waals surface area contributed by atoms with Gasteiger partial charge < -0.3 is 15.4 Å². The first-order chi connectivity index (χ1) is 11.3. The highest BCUT2D eigenvalue weighted by Gasteiger charge is 2.29. The molecule has 0 radical (unpaired) electrons. The largest absolute Gasteiger partial charge is 0.444 e. The average molecular weight is 333 g/mol. The molecule has 1 saturated heterocycles. The Labute approximate surface area is 145 Å². The maximum absolute atomic E-state index is 11.6. The van der Waals surface area contributed by atoms with Crippen LogP contribution in [0.4, 0.5) is 4.79 Å². The molecule has 5 heteroatoms. The molecule has 2 N–H and O–H groups in total. The van der Waals surface area contributed by atoms with Crippen LogP contribution >= 0.6 is 0 Å². The zero-order valence-corrected chi connectivity index (χ0v) is 15.3. The van der Waals surface area contributed by atoms with Crippen LogP contribution in [-0.2, 0) is 11.3 Å². The maximum atomic E-state index is 11.6. The van der Waals surface area contributed by atoms with E-state index in [-0.39, 0.29) is 6.09 Å². The van der Waals surface area contributed by atoms with Gasteiger partial charge in [-0.15, -0.1) is 0 Å². The number of carbonyl (C=O) groups is 1. The molecule has 2 atom stereocenters. The third-order valence-electron chi connectivity index (χ3n) is 4.31. The maximum Gasteiger partial charge on any atom is 0.407 e. The van der Waals surface area contributed by atoms with Gasteiger partial charge in [-0.1, -0.05) is 30.3 Å². The predicted octanol–water partition coefficient (Wildman–Crippen LogP) is 2.76. The Bertz CT molecular complexity index is 513. The predicted molar refractivity (Wildman–Crippen MR) is 97.0 cm³/mol. The fraction of sp³-hybridized carbons (Fsp3) is 0.632. The highest BCUT2D eigenvalue weighted by Crippen LogP contribution is 2.20. The fourth-order valence-electron chi connectivity index (χ4n) is 3.05. The lowest BCUT2D eigenvalue weighted by molar-refractivity contribution is 0.0528. The number of carbonyl (C=O) groups excluding carboxylic acids is 1. The van der Waals surface area contributed by atoms with Crippen LogP contribution in [0.15, 0.2) is 30.3 Å². The summed E-state index contributed by atoms with van der Waals surface area (Å²) in [6, 6.07) is 11.6. The first-order valence-electron chi connectivity index (χ1n) is 8.83. The molecule has 1 heterocycles. The third-order valence-corrected chi connectivity index (χ3v) is 4.31. The minimum atomic E-state index is -0.449. The van der Waals surface area contributed by atoms with E-state index in [9.17, 15) is 4.79 Å². The molecule has 134 valence electrons. The molecule has 0 saturated carbocycles. The van der Waals surface area contributed by atoms with Crippen molar-refractivity contribution in [1.82, 2.24) is 15.5 Å². The Balaban J connectivity index is 1.66. The molecule has 1 aromatic carbocycles. The molecule has 1 fully saturated rings. The Morgan fingerprint density at radius 3 is 2.62 bits per heavy atom. The van der Waals surface area contributed by atoms with E-state index in [0.29, 0.717) is 18.6 Å². The quantitative estimate of drug-likeness (QED) is 0.786. The number of nitrogens with zero attached hydrogens (tertiary/aromatic N) is 1. The van der Waals surface area contributed by atoms with E-state index in [1.54, 1.807) is 0 Å². The Morgan fingerprint density at radius 1 is 1.25 bits per heavy atom. The van der Waals surface area contributed by atoms with Crippen LogP contribution in [-0.4, -0.2) is 48.3 Å². The molecule has 0 aromatic heterocycles. The van der Waals surface area contributed by atoms with Crippen molar-refractivity contribution in [2.75, 3.05) is 19.6 Å². The molecule has 0 aliphatic carbocycles. The van der Waals surface area contributed by atoms with Gasteiger partial charge in [0.1, 0.15) is 5.60 Å². The molecule has 24 heavy (non-hydrogen) atoms. The van der Waals surface area contributed by atoms with Crippen LogP contribution in [0.25, 0.3) is 0 Å². The lowest BCUT2D eigenvalue weighted by Gasteiger charge is -2.25. The number of rotatable bonds is 6. The van der Waals surface area contributed by atoms with Crippen molar-refractivity contribution >= 4 is 6.09 Å². The smallest absolute Gasteiger partial charge is 0.407 e. The number of nitrogens with one attached hydrogen (secondary N) is 2. The van der Waals surface area contributed by atoms with Crippen molar-refractivity contribution in [3.8, 4) is 0 Å². The van der Waals surface area contributed by atoms with E-state index in [2.05, 4.69) is 52.8 Å². The number of ether oxygens (including phenoxy) is 1. The van der Waals surface area contributed by atoms with E-state index in [1.807, 2.05) is 20.8 Å². The zero-order valence-electron chi connectivity index (χ0n) is 15.3. The summed E-state index contributed by atoms with van der Waals surface area (Å²) in [6.45, 7) is 11.3. The van der Waals surface area contributed by atoms with Gasteiger partial charge in [-0.25, -0.2) is 4.79 Å². The Morgan fingerprint density at radius 2 is 1.96 bits per heavy atom. The van der Waals surface area contributed by atoms with Gasteiger partial charge in [0.25, 0.3) is 0 Å². The van der Waals surface area contributed by atoms with Crippen LogP contribution in [0, 0.1) is 0 Å². The zero-order chi connectivity index (χ0) is 17.6. The number of likely N-dealkylation sites (tertiary alicyclic amines) is 1. The van der Waals surface area contributed by atoms with Crippen LogP contribution < -0.4 is 10.6 Å². The average Bonchev–Trinajstić information content (AvgIpc) is 2.84. The molecular formula is C19H31N3O2. The molecule has 0 bridgehead atoms. The van der Waals surface area contributed by atoms with Crippen molar-refractivity contribution < 1.29 is 9.53 Å². The van der Waals surface area contributed by atoms with Gasteiger partial charge in [0.2, 0.25) is 0 Å². The second-order valence-electron chi connectivity index (χ2n) is 7.47. The van der Waals surface area contributed by atoms with Crippen LogP contribution in [0.1, 0.15) is 39.7 Å². The molecule has 1 aromatic rings. The summed E-state index contributed by atoms with van der Waals surface area (Å²) in [5.41, 5.74) is 0.909. The van der Waals surface area contributed by atoms with Crippen molar-refractivity contribution in [3.05, 3.63) is 35.9 Å². The number of benzene rings is 1. The summed E-state index contributed by atoms with van der Waals surface area (Å²) in [5, 5.41) is 6.35. The summed E-state index contributed by atoms with van der Waals surface area (Å²) < 4.78 is 5.23. The minimum absolute atomic E-state index is 0.352. The minimum Gasteiger partial charge on any atom is -0.444 e. The molecule has 2 unspecified atom stereocenters. The van der Waals surface area contributed by atoms with Gasteiger partial charge in [-0.3, -0.25) is 4.90 Å². The van der Waals surface area contributed by atoms with Crippen LogP contribution in [0.2, 0.25) is 0 Å². The highest BCUT2D eigenvalue weighted by atomic mass is 16.6. The number of hydrogen-bond acceptors (Lipinski definition) is 4. The monoisotopic (exact) mass is 333 g/mol. The number of amides is 1. The molecule has 1 amide bonds. The second-order valence-corrected chi connectivity index (χ2v) is 7.47. The SMILES string of the molecule is CC1C(NCCNC(=O)OC(C)(C)C)CCN1Cc1ccccc1. The van der Waals surface area contributed by atoms with Gasteiger partial charge in [0, 0.05) is 38.3 Å². The van der Waals surface area contributed by atoms with Crippen molar-refractivity contribution in [2.24, 2.45) is 0 Å². The number of hydrogen-bond donors (Lipinski definition) is 2. The molecular weight excluding hydrogens is 302 g/mol. The lowest BCUT2D eigenvalue weighted by Crippen LogP contribution is -2.43. The third kappa shape index (κ3) is 6.13. The van der Waals surface area contributed by atoms with E-state index in [0.717, 1.165) is 26.1 Å². The van der Waals surface area contributed by atoms with Gasteiger partial charge in [0.15, 0.2) is 0 Å². The van der Waals surface area contributed by atoms with E-state index < -0.39 is 5.60 Å². The van der Waals surface area contributed by atoms with Gasteiger partial charge in [0.05, 0.1) is 0 Å². The van der Waals surface area contributed by atoms with E-state index >= 15 is 0 Å². The molecule has 1 aliphatic heterocycles. The first-order valence-corrected chi connectivity index (χ1v) is 8.83. The van der Waals surface area contributed by atoms with Gasteiger partial charge in [-0.05, 0) is 39.7 Å². The summed E-state index contributed by atoms with van der Waals surface area (Å²) >= 11 is 0. The normalized spacial score (nSPS) is 21.7. The summed E-state index contributed by atoms with van der Waals surface area (Å²) in [5.74, 6) is 0. The fourth-order valence-corrected chi connectivity index (χ4v) is 3.05. The second kappa shape index (κ2) is 8.49. The molecule has 0 spiro atoms. The van der Waals surface area contributed by atoms with Crippen LogP contribution in [0.5, 0.6) is 0 Å². The number of alkyl carbamates (subject to hydrolysis) is 1. The molecule has 2 rings (SSSR count). The van der Waals surface area contributed by atoms with Gasteiger partial charge >= 0.3 is 6.09 Å². The van der Waals surface area contributed by atoms with Crippen molar-refractivity contribution in [2.45, 2.75) is 58.3 Å². The van der Waals surface area contributed by atoms with Gasteiger partial charge in [-0.2, -0.15) is 0 Å². The van der Waals surface area contributed by atoms with E-state index in [4.69, 9.17) is 4.74 Å². The molecule has 5 nitrogen and oxygen atoms in total. The van der Waals surface area contributed by atoms with Crippen molar-refractivity contribution in [3.63, 3.8) is 0 Å². The van der Waals surface area contributed by atoms with Crippen LogP contribution in [0.3, 0.4) is 0 Å². The van der Waals surface area contributed by atoms with Crippen molar-refractivity contribution in [1.29, 1.82) is 0 Å². The first kappa shape index (κ1) is 18.7. The standard InChI is InChI=1S/C19H31N3O2/c1-15-17(20-11-12-21-18(23)24-19(2,3)4)10-13-22(15)14-16-8-6-5-7-9-16/h5-9,15,17,20H,10-14H2,1-4H3,(H,21,23). The topological polar surface area (TPSA) is 53.6 Å². The van der Waals surface area contributed by atoms with E-state index in [1.165, 1.54) is 5.56 Å². The lowest BCUT2D eigenvalue weighted by atomic mass is 10.1. The summed E-state index contributed by atoms with van der Waals surface area (Å²) in [4.78, 5) is 14.1. The summed E-state index contributed by atoms with van der Waals surface area (Å²) in [7, 11) is 0. The Hall–Kier alpha value is -1.59. The molecule has 1 aliphatic rings. The highest BCUT2D eigenvalue weighted by molar-refractivity contribution is 5.67.